The normalized spacial score (nSPS) is 10.3. The minimum absolute atomic E-state index is 0.0378. The fraction of sp³-hybridized carbons (Fsp3) is 0.533. The molecule has 0 aliphatic heterocycles. The zero-order valence-electron chi connectivity index (χ0n) is 12.3. The predicted octanol–water partition coefficient (Wildman–Crippen LogP) is 1.33. The second-order valence-electron chi connectivity index (χ2n) is 4.37. The Morgan fingerprint density at radius 1 is 1.30 bits per heavy atom. The number of benzene rings is 1. The molecule has 0 atom stereocenters. The highest BCUT2D eigenvalue weighted by Gasteiger charge is 2.05. The van der Waals surface area contributed by atoms with E-state index in [1.807, 2.05) is 24.3 Å². The third kappa shape index (κ3) is 6.54. The van der Waals surface area contributed by atoms with Gasteiger partial charge in [-0.3, -0.25) is 4.79 Å². The lowest BCUT2D eigenvalue weighted by Crippen LogP contribution is -2.30. The van der Waals surface area contributed by atoms with Crippen molar-refractivity contribution >= 4 is 5.91 Å². The third-order valence-electron chi connectivity index (χ3n) is 2.74. The lowest BCUT2D eigenvalue weighted by Gasteiger charge is -2.11. The van der Waals surface area contributed by atoms with Crippen molar-refractivity contribution < 1.29 is 14.3 Å². The average molecular weight is 280 g/mol. The van der Waals surface area contributed by atoms with E-state index in [0.717, 1.165) is 30.8 Å². The number of rotatable bonds is 10. The molecule has 5 nitrogen and oxygen atoms in total. The Morgan fingerprint density at radius 3 is 2.85 bits per heavy atom. The summed E-state index contributed by atoms with van der Waals surface area (Å²) in [7, 11) is 1.65. The van der Waals surface area contributed by atoms with Gasteiger partial charge in [-0.2, -0.15) is 0 Å². The van der Waals surface area contributed by atoms with Crippen molar-refractivity contribution in [3.63, 3.8) is 0 Å². The molecule has 0 saturated carbocycles. The first-order valence-electron chi connectivity index (χ1n) is 6.95. The molecule has 0 fully saturated rings. The van der Waals surface area contributed by atoms with Gasteiger partial charge in [-0.05, 0) is 19.0 Å². The second-order valence-corrected chi connectivity index (χ2v) is 4.37. The van der Waals surface area contributed by atoms with Gasteiger partial charge in [-0.1, -0.05) is 25.1 Å². The molecule has 0 aliphatic rings. The summed E-state index contributed by atoms with van der Waals surface area (Å²) in [4.78, 5) is 11.6. The van der Waals surface area contributed by atoms with E-state index in [9.17, 15) is 4.79 Å². The lowest BCUT2D eigenvalue weighted by atomic mass is 10.2. The number of hydrogen-bond acceptors (Lipinski definition) is 4. The van der Waals surface area contributed by atoms with Crippen molar-refractivity contribution in [3.05, 3.63) is 29.8 Å². The maximum absolute atomic E-state index is 11.6. The molecule has 0 aromatic heterocycles. The minimum Gasteiger partial charge on any atom is -0.483 e. The molecule has 2 N–H and O–H groups in total. The molecule has 0 bridgehead atoms. The van der Waals surface area contributed by atoms with Gasteiger partial charge in [0.15, 0.2) is 6.61 Å². The van der Waals surface area contributed by atoms with Gasteiger partial charge in [0.1, 0.15) is 5.75 Å². The van der Waals surface area contributed by atoms with Crippen molar-refractivity contribution in [2.24, 2.45) is 0 Å². The Labute approximate surface area is 120 Å². The third-order valence-corrected chi connectivity index (χ3v) is 2.74. The molecule has 0 saturated heterocycles. The van der Waals surface area contributed by atoms with Crippen LogP contribution >= 0.6 is 0 Å². The molecule has 0 spiro atoms. The summed E-state index contributed by atoms with van der Waals surface area (Å²) in [5, 5.41) is 6.04. The molecule has 1 aromatic rings. The number of carbonyl (C=O) groups is 1. The van der Waals surface area contributed by atoms with Crippen LogP contribution in [0, 0.1) is 0 Å². The van der Waals surface area contributed by atoms with Gasteiger partial charge in [-0.25, -0.2) is 0 Å². The minimum atomic E-state index is -0.112. The van der Waals surface area contributed by atoms with E-state index in [1.165, 1.54) is 0 Å². The van der Waals surface area contributed by atoms with Crippen molar-refractivity contribution in [3.8, 4) is 5.75 Å². The van der Waals surface area contributed by atoms with Gasteiger partial charge < -0.3 is 20.1 Å². The summed E-state index contributed by atoms with van der Waals surface area (Å²) < 4.78 is 10.5. The highest BCUT2D eigenvalue weighted by atomic mass is 16.5. The number of methoxy groups -OCH3 is 1. The van der Waals surface area contributed by atoms with Gasteiger partial charge in [0.2, 0.25) is 0 Å². The van der Waals surface area contributed by atoms with Crippen LogP contribution < -0.4 is 15.4 Å². The molecule has 0 heterocycles. The Hall–Kier alpha value is -1.59. The molecule has 0 unspecified atom stereocenters. The van der Waals surface area contributed by atoms with E-state index in [0.29, 0.717) is 13.2 Å². The fourth-order valence-electron chi connectivity index (χ4n) is 1.69. The molecule has 0 radical (unpaired) electrons. The molecular formula is C15H24N2O3. The van der Waals surface area contributed by atoms with Crippen molar-refractivity contribution in [2.45, 2.75) is 19.9 Å². The van der Waals surface area contributed by atoms with Crippen LogP contribution in [-0.2, 0) is 16.1 Å². The smallest absolute Gasteiger partial charge is 0.257 e. The predicted molar refractivity (Wildman–Crippen MR) is 78.8 cm³/mol. The first-order valence-corrected chi connectivity index (χ1v) is 6.95. The van der Waals surface area contributed by atoms with Crippen molar-refractivity contribution in [1.29, 1.82) is 0 Å². The van der Waals surface area contributed by atoms with Crippen LogP contribution in [0.3, 0.4) is 0 Å². The molecule has 0 aliphatic carbocycles. The molecule has 1 rings (SSSR count). The summed E-state index contributed by atoms with van der Waals surface area (Å²) in [5.74, 6) is 0.639. The Kier molecular flexibility index (Phi) is 8.42. The fourth-order valence-corrected chi connectivity index (χ4v) is 1.69. The van der Waals surface area contributed by atoms with E-state index in [-0.39, 0.29) is 12.5 Å². The van der Waals surface area contributed by atoms with Crippen LogP contribution in [0.1, 0.15) is 18.9 Å². The highest BCUT2D eigenvalue weighted by molar-refractivity contribution is 5.77. The Bertz CT molecular complexity index is 396. The second kappa shape index (κ2) is 10.2. The SMILES string of the molecule is CCNCc1ccccc1OCC(=O)NCCCOC. The monoisotopic (exact) mass is 280 g/mol. The molecule has 5 heteroatoms. The van der Waals surface area contributed by atoms with Crippen LogP contribution in [0.2, 0.25) is 0 Å². The van der Waals surface area contributed by atoms with E-state index >= 15 is 0 Å². The molecule has 112 valence electrons. The summed E-state index contributed by atoms with van der Waals surface area (Å²) in [5.41, 5.74) is 1.06. The summed E-state index contributed by atoms with van der Waals surface area (Å²) in [6, 6.07) is 7.74. The number of ether oxygens (including phenoxy) is 2. The van der Waals surface area contributed by atoms with Gasteiger partial charge in [0.25, 0.3) is 5.91 Å². The molecule has 1 amide bonds. The van der Waals surface area contributed by atoms with E-state index in [1.54, 1.807) is 7.11 Å². The zero-order chi connectivity index (χ0) is 14.6. The Balaban J connectivity index is 2.35. The number of nitrogens with one attached hydrogen (secondary N) is 2. The number of hydrogen-bond donors (Lipinski definition) is 2. The van der Waals surface area contributed by atoms with Crippen LogP contribution in [0.15, 0.2) is 24.3 Å². The van der Waals surface area contributed by atoms with Gasteiger partial charge in [-0.15, -0.1) is 0 Å². The first kappa shape index (κ1) is 16.5. The molecular weight excluding hydrogens is 256 g/mol. The summed E-state index contributed by atoms with van der Waals surface area (Å²) in [6.07, 6.45) is 0.805. The Morgan fingerprint density at radius 2 is 2.10 bits per heavy atom. The lowest BCUT2D eigenvalue weighted by molar-refractivity contribution is -0.123. The number of amides is 1. The summed E-state index contributed by atoms with van der Waals surface area (Å²) in [6.45, 7) is 4.98. The number of carbonyl (C=O) groups excluding carboxylic acids is 1. The zero-order valence-corrected chi connectivity index (χ0v) is 12.3. The highest BCUT2D eigenvalue weighted by Crippen LogP contribution is 2.17. The molecule has 20 heavy (non-hydrogen) atoms. The van der Waals surface area contributed by atoms with Crippen molar-refractivity contribution in [1.82, 2.24) is 10.6 Å². The van der Waals surface area contributed by atoms with Crippen molar-refractivity contribution in [2.75, 3.05) is 33.4 Å². The van der Waals surface area contributed by atoms with E-state index < -0.39 is 0 Å². The topological polar surface area (TPSA) is 59.6 Å². The largest absolute Gasteiger partial charge is 0.483 e. The maximum atomic E-state index is 11.6. The van der Waals surface area contributed by atoms with E-state index in [4.69, 9.17) is 9.47 Å². The van der Waals surface area contributed by atoms with Crippen LogP contribution in [0.5, 0.6) is 5.75 Å². The first-order chi connectivity index (χ1) is 9.77. The molecule has 1 aromatic carbocycles. The summed E-state index contributed by atoms with van der Waals surface area (Å²) >= 11 is 0. The van der Waals surface area contributed by atoms with Crippen LogP contribution in [-0.4, -0.2) is 39.3 Å². The van der Waals surface area contributed by atoms with Crippen LogP contribution in [0.25, 0.3) is 0 Å². The maximum Gasteiger partial charge on any atom is 0.257 e. The van der Waals surface area contributed by atoms with Gasteiger partial charge >= 0.3 is 0 Å². The van der Waals surface area contributed by atoms with Gasteiger partial charge in [0, 0.05) is 32.4 Å². The standard InChI is InChI=1S/C15H24N2O3/c1-3-16-11-13-7-4-5-8-14(13)20-12-15(18)17-9-6-10-19-2/h4-5,7-8,16H,3,6,9-12H2,1-2H3,(H,17,18). The quantitative estimate of drug-likeness (QED) is 0.635. The van der Waals surface area contributed by atoms with Crippen LogP contribution in [0.4, 0.5) is 0 Å². The van der Waals surface area contributed by atoms with E-state index in [2.05, 4.69) is 17.6 Å². The van der Waals surface area contributed by atoms with Gasteiger partial charge in [0.05, 0.1) is 0 Å². The average Bonchev–Trinajstić information content (AvgIpc) is 2.48. The number of para-hydroxylation sites is 1.